The Balaban J connectivity index is 2.56. The van der Waals surface area contributed by atoms with Gasteiger partial charge in [-0.2, -0.15) is 0 Å². The molecule has 1 saturated heterocycles. The first-order valence-corrected chi connectivity index (χ1v) is 5.49. The Kier molecular flexibility index (Phi) is 3.87. The average molecular weight is 205 g/mol. The highest BCUT2D eigenvalue weighted by atomic mass is 19.3. The second-order valence-electron chi connectivity index (χ2n) is 4.96. The topological polar surface area (TPSA) is 12.0 Å². The summed E-state index contributed by atoms with van der Waals surface area (Å²) in [4.78, 5) is 0. The van der Waals surface area contributed by atoms with E-state index < -0.39 is 12.5 Å². The highest BCUT2D eigenvalue weighted by Crippen LogP contribution is 2.38. The summed E-state index contributed by atoms with van der Waals surface area (Å²) in [5, 5.41) is 2.89. The lowest BCUT2D eigenvalue weighted by Gasteiger charge is -2.39. The van der Waals surface area contributed by atoms with Gasteiger partial charge in [0.25, 0.3) is 6.43 Å². The maximum Gasteiger partial charge on any atom is 0.253 e. The summed E-state index contributed by atoms with van der Waals surface area (Å²) in [6, 6.07) is -0.584. The van der Waals surface area contributed by atoms with E-state index in [1.807, 2.05) is 0 Å². The minimum Gasteiger partial charge on any atom is -0.309 e. The molecule has 0 amide bonds. The highest BCUT2D eigenvalue weighted by molar-refractivity contribution is 4.87. The molecule has 0 spiro atoms. The van der Waals surface area contributed by atoms with Crippen LogP contribution in [0.25, 0.3) is 0 Å². The van der Waals surface area contributed by atoms with Crippen molar-refractivity contribution in [3.8, 4) is 0 Å². The van der Waals surface area contributed by atoms with Crippen molar-refractivity contribution in [1.29, 1.82) is 0 Å². The molecule has 84 valence electrons. The van der Waals surface area contributed by atoms with Gasteiger partial charge in [0.05, 0.1) is 6.04 Å². The summed E-state index contributed by atoms with van der Waals surface area (Å²) >= 11 is 0. The molecule has 1 nitrogen and oxygen atoms in total. The molecule has 0 radical (unpaired) electrons. The van der Waals surface area contributed by atoms with Crippen LogP contribution in [0.4, 0.5) is 8.78 Å². The standard InChI is InChI=1S/C11H21F2N/c1-4-11(2,3)8-5-6-14-9(7-8)10(12)13/h8-10,14H,4-7H2,1-3H3. The van der Waals surface area contributed by atoms with Crippen molar-refractivity contribution >= 4 is 0 Å². The normalized spacial score (nSPS) is 29.6. The van der Waals surface area contributed by atoms with Gasteiger partial charge in [-0.25, -0.2) is 8.78 Å². The molecule has 1 N–H and O–H groups in total. The maximum atomic E-state index is 12.5. The van der Waals surface area contributed by atoms with E-state index in [0.717, 1.165) is 19.4 Å². The van der Waals surface area contributed by atoms with E-state index in [9.17, 15) is 8.78 Å². The van der Waals surface area contributed by atoms with Gasteiger partial charge in [0.15, 0.2) is 0 Å². The van der Waals surface area contributed by atoms with Gasteiger partial charge in [-0.05, 0) is 30.7 Å². The van der Waals surface area contributed by atoms with E-state index >= 15 is 0 Å². The van der Waals surface area contributed by atoms with Crippen LogP contribution in [0.15, 0.2) is 0 Å². The van der Waals surface area contributed by atoms with Crippen LogP contribution in [0.5, 0.6) is 0 Å². The molecule has 0 aromatic carbocycles. The first-order chi connectivity index (χ1) is 6.47. The van der Waals surface area contributed by atoms with Crippen molar-refractivity contribution in [3.05, 3.63) is 0 Å². The van der Waals surface area contributed by atoms with E-state index in [2.05, 4.69) is 26.1 Å². The molecule has 0 aromatic heterocycles. The lowest BCUT2D eigenvalue weighted by molar-refractivity contribution is 0.0443. The van der Waals surface area contributed by atoms with Crippen LogP contribution >= 0.6 is 0 Å². The molecule has 0 aliphatic carbocycles. The Morgan fingerprint density at radius 3 is 2.57 bits per heavy atom. The lowest BCUT2D eigenvalue weighted by Crippen LogP contribution is -2.46. The smallest absolute Gasteiger partial charge is 0.253 e. The van der Waals surface area contributed by atoms with E-state index in [1.54, 1.807) is 0 Å². The zero-order valence-electron chi connectivity index (χ0n) is 9.32. The van der Waals surface area contributed by atoms with Crippen molar-refractivity contribution in [2.75, 3.05) is 6.54 Å². The first-order valence-electron chi connectivity index (χ1n) is 5.49. The van der Waals surface area contributed by atoms with E-state index in [4.69, 9.17) is 0 Å². The van der Waals surface area contributed by atoms with Gasteiger partial charge >= 0.3 is 0 Å². The third-order valence-electron chi connectivity index (χ3n) is 3.76. The zero-order chi connectivity index (χ0) is 10.8. The predicted molar refractivity (Wildman–Crippen MR) is 54.6 cm³/mol. The Morgan fingerprint density at radius 2 is 2.07 bits per heavy atom. The Labute approximate surface area is 85.3 Å². The van der Waals surface area contributed by atoms with Crippen LogP contribution in [0.1, 0.15) is 40.0 Å². The highest BCUT2D eigenvalue weighted by Gasteiger charge is 2.35. The minimum atomic E-state index is -2.22. The van der Waals surface area contributed by atoms with Crippen molar-refractivity contribution in [1.82, 2.24) is 5.32 Å². The summed E-state index contributed by atoms with van der Waals surface area (Å²) in [5.74, 6) is 0.438. The van der Waals surface area contributed by atoms with Gasteiger partial charge in [-0.1, -0.05) is 27.2 Å². The molecular formula is C11H21F2N. The molecule has 1 rings (SSSR count). The predicted octanol–water partition coefficient (Wildman–Crippen LogP) is 3.06. The van der Waals surface area contributed by atoms with E-state index in [1.165, 1.54) is 0 Å². The monoisotopic (exact) mass is 205 g/mol. The number of rotatable bonds is 3. The van der Waals surface area contributed by atoms with Crippen LogP contribution in [0, 0.1) is 11.3 Å². The Bertz CT molecular complexity index is 180. The summed E-state index contributed by atoms with van der Waals surface area (Å²) in [7, 11) is 0. The fourth-order valence-electron chi connectivity index (χ4n) is 2.14. The molecule has 1 heterocycles. The molecule has 0 bridgehead atoms. The average Bonchev–Trinajstić information content (AvgIpc) is 2.18. The fourth-order valence-corrected chi connectivity index (χ4v) is 2.14. The number of halogens is 2. The number of alkyl halides is 2. The molecule has 1 aliphatic heterocycles. The molecule has 1 aliphatic rings. The van der Waals surface area contributed by atoms with Crippen LogP contribution in [0.2, 0.25) is 0 Å². The molecule has 2 unspecified atom stereocenters. The van der Waals surface area contributed by atoms with Crippen LogP contribution in [-0.2, 0) is 0 Å². The second kappa shape index (κ2) is 4.56. The maximum absolute atomic E-state index is 12.5. The minimum absolute atomic E-state index is 0.204. The van der Waals surface area contributed by atoms with Crippen LogP contribution in [0.3, 0.4) is 0 Å². The first kappa shape index (κ1) is 11.9. The third-order valence-corrected chi connectivity index (χ3v) is 3.76. The van der Waals surface area contributed by atoms with Crippen LogP contribution < -0.4 is 5.32 Å². The van der Waals surface area contributed by atoms with Gasteiger partial charge in [-0.15, -0.1) is 0 Å². The van der Waals surface area contributed by atoms with Crippen molar-refractivity contribution < 1.29 is 8.78 Å². The summed E-state index contributed by atoms with van der Waals surface area (Å²) in [6.45, 7) is 7.25. The number of nitrogens with one attached hydrogen (secondary N) is 1. The van der Waals surface area contributed by atoms with Crippen molar-refractivity contribution in [3.63, 3.8) is 0 Å². The molecule has 2 atom stereocenters. The van der Waals surface area contributed by atoms with Gasteiger partial charge in [0.1, 0.15) is 0 Å². The summed E-state index contributed by atoms with van der Waals surface area (Å²) in [6.07, 6.45) is 0.501. The Morgan fingerprint density at radius 1 is 1.43 bits per heavy atom. The van der Waals surface area contributed by atoms with Gasteiger partial charge in [0.2, 0.25) is 0 Å². The van der Waals surface area contributed by atoms with Crippen LogP contribution in [-0.4, -0.2) is 19.0 Å². The molecule has 14 heavy (non-hydrogen) atoms. The summed E-state index contributed by atoms with van der Waals surface area (Å²) in [5.41, 5.74) is 0.204. The Hall–Kier alpha value is -0.180. The fraction of sp³-hybridized carbons (Fsp3) is 1.00. The van der Waals surface area contributed by atoms with Gasteiger partial charge < -0.3 is 5.32 Å². The third kappa shape index (κ3) is 2.66. The molecule has 3 heteroatoms. The summed E-state index contributed by atoms with van der Waals surface area (Å²) < 4.78 is 25.0. The molecule has 1 fully saturated rings. The quantitative estimate of drug-likeness (QED) is 0.746. The SMILES string of the molecule is CCC(C)(C)C1CCNC(C(F)F)C1. The molecule has 0 saturated carbocycles. The number of hydrogen-bond donors (Lipinski definition) is 1. The van der Waals surface area contributed by atoms with Crippen molar-refractivity contribution in [2.45, 2.75) is 52.5 Å². The van der Waals surface area contributed by atoms with Gasteiger partial charge in [-0.3, -0.25) is 0 Å². The number of piperidine rings is 1. The lowest BCUT2D eigenvalue weighted by atomic mass is 9.71. The molecule has 0 aromatic rings. The second-order valence-corrected chi connectivity index (χ2v) is 4.96. The molecular weight excluding hydrogens is 184 g/mol. The van der Waals surface area contributed by atoms with Gasteiger partial charge in [0, 0.05) is 0 Å². The van der Waals surface area contributed by atoms with E-state index in [-0.39, 0.29) is 5.41 Å². The number of hydrogen-bond acceptors (Lipinski definition) is 1. The van der Waals surface area contributed by atoms with Crippen molar-refractivity contribution in [2.24, 2.45) is 11.3 Å². The van der Waals surface area contributed by atoms with E-state index in [0.29, 0.717) is 12.3 Å². The largest absolute Gasteiger partial charge is 0.309 e. The zero-order valence-corrected chi connectivity index (χ0v) is 9.32.